The maximum Gasteiger partial charge on any atom is 0.247 e. The molecule has 0 radical (unpaired) electrons. The maximum absolute atomic E-state index is 15.1. The van der Waals surface area contributed by atoms with Gasteiger partial charge in [-0.25, -0.2) is 0 Å². The van der Waals surface area contributed by atoms with Crippen LogP contribution in [-0.2, 0) is 51.3 Å². The molecule has 8 atom stereocenters. The summed E-state index contributed by atoms with van der Waals surface area (Å²) in [5, 5.41) is 21.6. The monoisotopic (exact) mass is 1000 g/mol. The summed E-state index contributed by atoms with van der Waals surface area (Å²) in [5.41, 5.74) is 19.0. The van der Waals surface area contributed by atoms with Crippen LogP contribution < -0.4 is 38.5 Å². The summed E-state index contributed by atoms with van der Waals surface area (Å²) in [7, 11) is 1.33. The molecule has 2 heterocycles. The maximum atomic E-state index is 15.1. The fourth-order valence-electron chi connectivity index (χ4n) is 9.90. The minimum absolute atomic E-state index is 0.0132. The van der Waals surface area contributed by atoms with E-state index in [4.69, 9.17) is 17.2 Å². The Hall–Kier alpha value is -6.22. The van der Waals surface area contributed by atoms with Gasteiger partial charge >= 0.3 is 0 Å². The Labute approximate surface area is 420 Å². The van der Waals surface area contributed by atoms with Crippen LogP contribution in [0.1, 0.15) is 101 Å². The van der Waals surface area contributed by atoms with Crippen LogP contribution in [0.15, 0.2) is 59.6 Å². The number of primary amides is 1. The lowest BCUT2D eigenvalue weighted by atomic mass is 9.84. The van der Waals surface area contributed by atoms with E-state index in [2.05, 4.69) is 26.3 Å². The van der Waals surface area contributed by atoms with Crippen LogP contribution >= 0.6 is 11.8 Å². The highest BCUT2D eigenvalue weighted by molar-refractivity contribution is 7.98. The zero-order valence-electron chi connectivity index (χ0n) is 41.3. The van der Waals surface area contributed by atoms with Crippen LogP contribution in [0, 0.1) is 5.92 Å². The Morgan fingerprint density at radius 2 is 1.42 bits per heavy atom. The first-order chi connectivity index (χ1) is 33.9. The molecule has 0 bridgehead atoms. The van der Waals surface area contributed by atoms with Gasteiger partial charge in [0.15, 0.2) is 5.96 Å². The van der Waals surface area contributed by atoms with E-state index in [1.807, 2.05) is 60.9 Å². The number of nitrogens with one attached hydrogen (secondary N) is 4. The van der Waals surface area contributed by atoms with Gasteiger partial charge in [0.05, 0.1) is 6.61 Å². The number of thioether (sulfide) groups is 1. The molecule has 2 aliphatic heterocycles. The van der Waals surface area contributed by atoms with E-state index in [1.165, 1.54) is 42.5 Å². The normalized spacial score (nSPS) is 19.9. The van der Waals surface area contributed by atoms with Gasteiger partial charge in [-0.3, -0.25) is 43.3 Å². The second-order valence-corrected chi connectivity index (χ2v) is 19.8. The summed E-state index contributed by atoms with van der Waals surface area (Å²) in [6.45, 7) is 2.24. The van der Waals surface area contributed by atoms with Crippen molar-refractivity contribution in [3.8, 4) is 0 Å². The molecule has 1 unspecified atom stereocenters. The molecule has 2 fully saturated rings. The number of nitrogens with zero attached hydrogens (tertiary/aromatic N) is 4. The van der Waals surface area contributed by atoms with E-state index >= 15 is 9.59 Å². The number of aliphatic hydroxyl groups excluding tert-OH is 1. The fraction of sp³-hybridized carbons (Fsp3) is 0.580. The van der Waals surface area contributed by atoms with Crippen molar-refractivity contribution in [2.75, 3.05) is 38.8 Å². The number of nitrogens with two attached hydrogens (primary N) is 3. The third kappa shape index (κ3) is 15.1. The Morgan fingerprint density at radius 1 is 0.789 bits per heavy atom. The highest BCUT2D eigenvalue weighted by Crippen LogP contribution is 2.35. The van der Waals surface area contributed by atoms with Gasteiger partial charge in [-0.2, -0.15) is 11.8 Å². The first kappa shape index (κ1) is 55.7. The SMILES string of the molecule is CSCC[C@H](NC(=O)[C@@H]1Cc2ccccc2CN1C(=O)[C@H](CCCN=C(N)N)NC(=O)[C@H](CC1CCCCC1)NC(C)=O)C(=O)N1CCC(c2ccccc2)[C@H]1C(=O)N[C@@H](CO)C(=O)N(C)[C@@H](C)C(N)=O. The number of amides is 8. The van der Waals surface area contributed by atoms with Gasteiger partial charge in [-0.1, -0.05) is 86.7 Å². The molecule has 0 spiro atoms. The number of guanidine groups is 1. The predicted molar refractivity (Wildman–Crippen MR) is 270 cm³/mol. The molecule has 11 N–H and O–H groups in total. The minimum atomic E-state index is -1.47. The third-order valence-electron chi connectivity index (χ3n) is 13.9. The molecule has 1 saturated carbocycles. The van der Waals surface area contributed by atoms with Gasteiger partial charge in [0.2, 0.25) is 47.3 Å². The number of fused-ring (bicyclic) bond motifs is 1. The molecule has 0 aromatic heterocycles. The summed E-state index contributed by atoms with van der Waals surface area (Å²) in [6.07, 6.45) is 8.29. The lowest BCUT2D eigenvalue weighted by Gasteiger charge is -2.39. The van der Waals surface area contributed by atoms with Crippen LogP contribution in [0.5, 0.6) is 0 Å². The zero-order chi connectivity index (χ0) is 51.8. The Balaban J connectivity index is 1.45. The van der Waals surface area contributed by atoms with Crippen LogP contribution in [-0.4, -0.2) is 154 Å². The largest absolute Gasteiger partial charge is 0.394 e. The topological polar surface area (TPSA) is 305 Å². The lowest BCUT2D eigenvalue weighted by molar-refractivity contribution is -0.147. The molecule has 20 nitrogen and oxygen atoms in total. The van der Waals surface area contributed by atoms with Crippen molar-refractivity contribution in [1.82, 2.24) is 36.0 Å². The number of aliphatic hydroxyl groups is 1. The minimum Gasteiger partial charge on any atom is -0.394 e. The average Bonchev–Trinajstić information content (AvgIpc) is 3.82. The van der Waals surface area contributed by atoms with E-state index in [0.717, 1.165) is 53.7 Å². The molecule has 21 heteroatoms. The number of benzene rings is 2. The van der Waals surface area contributed by atoms with E-state index in [9.17, 15) is 33.9 Å². The second-order valence-electron chi connectivity index (χ2n) is 18.9. The number of aliphatic imine (C=N–C) groups is 1. The highest BCUT2D eigenvalue weighted by Gasteiger charge is 2.47. The van der Waals surface area contributed by atoms with Crippen molar-refractivity contribution >= 4 is 65.0 Å². The van der Waals surface area contributed by atoms with Gasteiger partial charge in [0, 0.05) is 45.9 Å². The van der Waals surface area contributed by atoms with Gasteiger partial charge < -0.3 is 58.3 Å². The van der Waals surface area contributed by atoms with Crippen molar-refractivity contribution in [1.29, 1.82) is 0 Å². The van der Waals surface area contributed by atoms with Crippen LogP contribution in [0.25, 0.3) is 0 Å². The number of carbonyl (C=O) groups is 8. The number of likely N-dealkylation sites (tertiary alicyclic amines) is 1. The Kier molecular flexibility index (Phi) is 21.1. The van der Waals surface area contributed by atoms with Crippen LogP contribution in [0.3, 0.4) is 0 Å². The van der Waals surface area contributed by atoms with Crippen LogP contribution in [0.2, 0.25) is 0 Å². The molecule has 2 aromatic rings. The molecule has 2 aromatic carbocycles. The van der Waals surface area contributed by atoms with E-state index in [0.29, 0.717) is 25.0 Å². The summed E-state index contributed by atoms with van der Waals surface area (Å²) in [5.74, 6) is -4.92. The standard InChI is InChI=1S/C50H73N11O9S/c1-30(43(51)64)59(3)47(68)40(29-62)58-46(67)42-36(33-16-9-6-10-17-33)21-24-60(42)48(69)38(22-25-71-4)57-45(66)41-27-34-18-11-12-19-35(34)28-61(41)49(70)37(20-13-23-54-50(52)53)56-44(65)39(55-31(2)63)26-32-14-7-5-8-15-32/h6,9-12,16-19,30,32,36-42,62H,5,7-8,13-15,20-29H2,1-4H3,(H2,51,64)(H,55,63)(H,56,65)(H,57,66)(H,58,67)(H4,52,53,54)/t30-,36?,37-,38-,39-,40-,41-,42-/m0/s1. The number of hydrogen-bond acceptors (Lipinski definition) is 11. The van der Waals surface area contributed by atoms with Gasteiger partial charge in [-0.05, 0) is 73.6 Å². The molecule has 8 amide bonds. The first-order valence-corrected chi connectivity index (χ1v) is 26.0. The number of likely N-dealkylation sites (N-methyl/N-ethyl adjacent to an activating group) is 1. The average molecular weight is 1000 g/mol. The smallest absolute Gasteiger partial charge is 0.247 e. The molecular formula is C50H73N11O9S. The van der Waals surface area contributed by atoms with E-state index in [-0.39, 0.29) is 56.7 Å². The molecular weight excluding hydrogens is 931 g/mol. The molecule has 1 aliphatic carbocycles. The summed E-state index contributed by atoms with van der Waals surface area (Å²) >= 11 is 1.45. The molecule has 388 valence electrons. The van der Waals surface area contributed by atoms with Gasteiger partial charge in [-0.15, -0.1) is 0 Å². The highest BCUT2D eigenvalue weighted by atomic mass is 32.2. The van der Waals surface area contributed by atoms with Crippen molar-refractivity contribution in [2.24, 2.45) is 28.1 Å². The van der Waals surface area contributed by atoms with Gasteiger partial charge in [0.25, 0.3) is 0 Å². The van der Waals surface area contributed by atoms with E-state index in [1.54, 1.807) is 0 Å². The summed E-state index contributed by atoms with van der Waals surface area (Å²) in [4.78, 5) is 119. The number of hydrogen-bond donors (Lipinski definition) is 8. The van der Waals surface area contributed by atoms with Crippen LogP contribution in [0.4, 0.5) is 0 Å². The van der Waals surface area contributed by atoms with Crippen molar-refractivity contribution in [2.45, 2.75) is 139 Å². The van der Waals surface area contributed by atoms with Gasteiger partial charge in [0.1, 0.15) is 42.3 Å². The summed E-state index contributed by atoms with van der Waals surface area (Å²) < 4.78 is 0. The molecule has 5 rings (SSSR count). The second kappa shape index (κ2) is 26.8. The number of rotatable bonds is 23. The Morgan fingerprint density at radius 3 is 2.06 bits per heavy atom. The zero-order valence-corrected chi connectivity index (χ0v) is 42.2. The molecule has 1 saturated heterocycles. The van der Waals surface area contributed by atoms with E-state index < -0.39 is 96.2 Å². The third-order valence-corrected chi connectivity index (χ3v) is 14.6. The van der Waals surface area contributed by atoms with Crippen molar-refractivity contribution < 1.29 is 43.5 Å². The molecule has 3 aliphatic rings. The Bertz CT molecular complexity index is 2220. The number of carbonyl (C=O) groups excluding carboxylic acids is 8. The first-order valence-electron chi connectivity index (χ1n) is 24.6. The van der Waals surface area contributed by atoms with Crippen molar-refractivity contribution in [3.63, 3.8) is 0 Å². The lowest BCUT2D eigenvalue weighted by Crippen LogP contribution is -2.62. The summed E-state index contributed by atoms with van der Waals surface area (Å²) in [6, 6.07) is 8.48. The molecule has 71 heavy (non-hydrogen) atoms. The van der Waals surface area contributed by atoms with Crippen molar-refractivity contribution in [3.05, 3.63) is 71.3 Å². The quantitative estimate of drug-likeness (QED) is 0.0426. The fourth-order valence-corrected chi connectivity index (χ4v) is 10.4. The predicted octanol–water partition coefficient (Wildman–Crippen LogP) is 0.385.